The van der Waals surface area contributed by atoms with E-state index in [1.54, 1.807) is 0 Å². The number of aldehydes is 1. The molecule has 126 valence electrons. The molecule has 0 fully saturated rings. The summed E-state index contributed by atoms with van der Waals surface area (Å²) in [5, 5.41) is 0. The lowest BCUT2D eigenvalue weighted by molar-refractivity contribution is -0.0759. The highest BCUT2D eigenvalue weighted by Crippen LogP contribution is 2.23. The molecular formula is C22H20O3. The van der Waals surface area contributed by atoms with Crippen molar-refractivity contribution in [1.82, 2.24) is 0 Å². The van der Waals surface area contributed by atoms with Gasteiger partial charge in [-0.05, 0) is 35.7 Å². The first-order valence-corrected chi connectivity index (χ1v) is 8.22. The maximum absolute atomic E-state index is 10.7. The van der Waals surface area contributed by atoms with Gasteiger partial charge in [0.15, 0.2) is 6.29 Å². The first-order chi connectivity index (χ1) is 12.2. The molecule has 3 aromatic rings. The molecule has 3 aromatic carbocycles. The summed E-state index contributed by atoms with van der Waals surface area (Å²) >= 11 is 0. The Morgan fingerprint density at radius 2 is 1.44 bits per heavy atom. The molecule has 0 spiro atoms. The van der Waals surface area contributed by atoms with Crippen LogP contribution in [0.15, 0.2) is 78.9 Å². The maximum atomic E-state index is 10.7. The minimum atomic E-state index is -0.335. The molecule has 0 saturated heterocycles. The Morgan fingerprint density at radius 3 is 2.04 bits per heavy atom. The van der Waals surface area contributed by atoms with Crippen LogP contribution in [0.3, 0.4) is 0 Å². The van der Waals surface area contributed by atoms with Crippen molar-refractivity contribution in [1.29, 1.82) is 0 Å². The standard InChI is InChI=1S/C22H20O3/c1-17(24-16-19-5-3-2-4-6-19)25-22-13-11-21(12-14-22)20-9-7-18(15-23)8-10-20/h2-15,17H,16H2,1H3. The molecule has 0 saturated carbocycles. The van der Waals surface area contributed by atoms with E-state index >= 15 is 0 Å². The lowest BCUT2D eigenvalue weighted by atomic mass is 10.0. The Kier molecular flexibility index (Phi) is 5.60. The van der Waals surface area contributed by atoms with Crippen LogP contribution < -0.4 is 4.74 Å². The third kappa shape index (κ3) is 4.78. The van der Waals surface area contributed by atoms with E-state index < -0.39 is 0 Å². The largest absolute Gasteiger partial charge is 0.465 e. The van der Waals surface area contributed by atoms with Crippen LogP contribution in [0.5, 0.6) is 5.75 Å². The Hall–Kier alpha value is -2.91. The molecule has 0 aliphatic heterocycles. The molecule has 1 unspecified atom stereocenters. The van der Waals surface area contributed by atoms with Gasteiger partial charge in [0.05, 0.1) is 6.61 Å². The summed E-state index contributed by atoms with van der Waals surface area (Å²) in [5.74, 6) is 0.758. The SMILES string of the molecule is CC(OCc1ccccc1)Oc1ccc(-c2ccc(C=O)cc2)cc1. The van der Waals surface area contributed by atoms with Gasteiger partial charge in [0.2, 0.25) is 0 Å². The smallest absolute Gasteiger partial charge is 0.197 e. The van der Waals surface area contributed by atoms with E-state index in [-0.39, 0.29) is 6.29 Å². The van der Waals surface area contributed by atoms with E-state index in [1.165, 1.54) is 0 Å². The molecule has 0 heterocycles. The number of benzene rings is 3. The first kappa shape index (κ1) is 16.9. The van der Waals surface area contributed by atoms with Crippen LogP contribution in [0.1, 0.15) is 22.8 Å². The van der Waals surface area contributed by atoms with Crippen molar-refractivity contribution >= 4 is 6.29 Å². The van der Waals surface area contributed by atoms with Crippen molar-refractivity contribution in [2.75, 3.05) is 0 Å². The topological polar surface area (TPSA) is 35.5 Å². The highest BCUT2D eigenvalue weighted by atomic mass is 16.7. The molecule has 3 nitrogen and oxygen atoms in total. The van der Waals surface area contributed by atoms with Gasteiger partial charge in [0.25, 0.3) is 0 Å². The molecule has 0 N–H and O–H groups in total. The van der Waals surface area contributed by atoms with Gasteiger partial charge in [-0.25, -0.2) is 0 Å². The number of carbonyl (C=O) groups is 1. The van der Waals surface area contributed by atoms with Crippen molar-refractivity contribution < 1.29 is 14.3 Å². The highest BCUT2D eigenvalue weighted by molar-refractivity contribution is 5.77. The zero-order valence-corrected chi connectivity index (χ0v) is 14.1. The summed E-state index contributed by atoms with van der Waals surface area (Å²) in [4.78, 5) is 10.7. The molecule has 0 radical (unpaired) electrons. The molecular weight excluding hydrogens is 312 g/mol. The third-order valence-corrected chi connectivity index (χ3v) is 3.86. The molecule has 1 atom stereocenters. The van der Waals surface area contributed by atoms with Crippen molar-refractivity contribution in [3.8, 4) is 16.9 Å². The second kappa shape index (κ2) is 8.27. The summed E-state index contributed by atoms with van der Waals surface area (Å²) in [6.07, 6.45) is 0.510. The number of hydrogen-bond donors (Lipinski definition) is 0. The Bertz CT molecular complexity index is 793. The fourth-order valence-corrected chi connectivity index (χ4v) is 2.49. The number of ether oxygens (including phenoxy) is 2. The van der Waals surface area contributed by atoms with E-state index in [1.807, 2.05) is 85.8 Å². The average Bonchev–Trinajstić information content (AvgIpc) is 2.68. The van der Waals surface area contributed by atoms with E-state index in [0.717, 1.165) is 28.7 Å². The minimum Gasteiger partial charge on any atom is -0.465 e. The monoisotopic (exact) mass is 332 g/mol. The molecule has 0 bridgehead atoms. The van der Waals surface area contributed by atoms with Crippen LogP contribution in [0.25, 0.3) is 11.1 Å². The maximum Gasteiger partial charge on any atom is 0.197 e. The lowest BCUT2D eigenvalue weighted by Crippen LogP contribution is -2.16. The van der Waals surface area contributed by atoms with Crippen LogP contribution in [0.2, 0.25) is 0 Å². The van der Waals surface area contributed by atoms with Gasteiger partial charge >= 0.3 is 0 Å². The number of carbonyl (C=O) groups excluding carboxylic acids is 1. The van der Waals surface area contributed by atoms with Crippen LogP contribution in [-0.2, 0) is 11.3 Å². The normalized spacial score (nSPS) is 11.7. The summed E-state index contributed by atoms with van der Waals surface area (Å²) < 4.78 is 11.5. The minimum absolute atomic E-state index is 0.335. The molecule has 0 aromatic heterocycles. The van der Waals surface area contributed by atoms with Crippen molar-refractivity contribution in [2.24, 2.45) is 0 Å². The van der Waals surface area contributed by atoms with Crippen molar-refractivity contribution in [2.45, 2.75) is 19.8 Å². The molecule has 25 heavy (non-hydrogen) atoms. The van der Waals surface area contributed by atoms with Gasteiger partial charge in [-0.2, -0.15) is 0 Å². The Labute approximate surface area is 147 Å². The van der Waals surface area contributed by atoms with Crippen LogP contribution in [0.4, 0.5) is 0 Å². The number of hydrogen-bond acceptors (Lipinski definition) is 3. The van der Waals surface area contributed by atoms with Crippen molar-refractivity contribution in [3.05, 3.63) is 90.0 Å². The molecule has 0 aliphatic carbocycles. The van der Waals surface area contributed by atoms with E-state index in [9.17, 15) is 4.79 Å². The van der Waals surface area contributed by atoms with Crippen molar-refractivity contribution in [3.63, 3.8) is 0 Å². The second-order valence-corrected chi connectivity index (χ2v) is 5.75. The third-order valence-electron chi connectivity index (χ3n) is 3.86. The van der Waals surface area contributed by atoms with Crippen LogP contribution in [-0.4, -0.2) is 12.6 Å². The average molecular weight is 332 g/mol. The molecule has 0 amide bonds. The molecule has 3 rings (SSSR count). The van der Waals surface area contributed by atoms with Gasteiger partial charge < -0.3 is 9.47 Å². The van der Waals surface area contributed by atoms with Crippen LogP contribution >= 0.6 is 0 Å². The predicted octanol–water partition coefficient (Wildman–Crippen LogP) is 5.11. The Balaban J connectivity index is 1.57. The van der Waals surface area contributed by atoms with E-state index in [4.69, 9.17) is 9.47 Å². The fourth-order valence-electron chi connectivity index (χ4n) is 2.49. The lowest BCUT2D eigenvalue weighted by Gasteiger charge is -2.16. The number of rotatable bonds is 7. The highest BCUT2D eigenvalue weighted by Gasteiger charge is 2.05. The van der Waals surface area contributed by atoms with E-state index in [0.29, 0.717) is 12.2 Å². The van der Waals surface area contributed by atoms with Gasteiger partial charge in [0.1, 0.15) is 12.0 Å². The summed E-state index contributed by atoms with van der Waals surface area (Å²) in [6.45, 7) is 2.40. The summed E-state index contributed by atoms with van der Waals surface area (Å²) in [6, 6.07) is 25.3. The van der Waals surface area contributed by atoms with Crippen LogP contribution in [0, 0.1) is 0 Å². The molecule has 3 heteroatoms. The van der Waals surface area contributed by atoms with Gasteiger partial charge in [-0.3, -0.25) is 4.79 Å². The fraction of sp³-hybridized carbons (Fsp3) is 0.136. The van der Waals surface area contributed by atoms with Gasteiger partial charge in [-0.1, -0.05) is 66.7 Å². The zero-order chi connectivity index (χ0) is 17.5. The van der Waals surface area contributed by atoms with E-state index in [2.05, 4.69) is 0 Å². The zero-order valence-electron chi connectivity index (χ0n) is 14.1. The van der Waals surface area contributed by atoms with Gasteiger partial charge in [-0.15, -0.1) is 0 Å². The summed E-state index contributed by atoms with van der Waals surface area (Å²) in [7, 11) is 0. The Morgan fingerprint density at radius 1 is 0.840 bits per heavy atom. The van der Waals surface area contributed by atoms with Gasteiger partial charge in [0, 0.05) is 5.56 Å². The summed E-state index contributed by atoms with van der Waals surface area (Å²) in [5.41, 5.74) is 3.92. The first-order valence-electron chi connectivity index (χ1n) is 8.22. The quantitative estimate of drug-likeness (QED) is 0.445. The second-order valence-electron chi connectivity index (χ2n) is 5.75. The molecule has 0 aliphatic rings. The predicted molar refractivity (Wildman–Crippen MR) is 98.6 cm³/mol.